The molecule has 0 fully saturated rings. The first kappa shape index (κ1) is 41.8. The summed E-state index contributed by atoms with van der Waals surface area (Å²) in [7, 11) is -15.7. The van der Waals surface area contributed by atoms with Crippen molar-refractivity contribution < 1.29 is 49.1 Å². The number of hydrogen-bond donors (Lipinski definition) is 3. The van der Waals surface area contributed by atoms with Crippen molar-refractivity contribution in [2.45, 2.75) is 26.4 Å². The maximum atomic E-state index is 14.1. The molecule has 5 rings (SSSR count). The van der Waals surface area contributed by atoms with Gasteiger partial charge in [-0.3, -0.25) is 14.1 Å². The first-order valence-electron chi connectivity index (χ1n) is 15.0. The summed E-state index contributed by atoms with van der Waals surface area (Å²) in [6, 6.07) is 13.6. The first-order chi connectivity index (χ1) is 25.7. The summed E-state index contributed by atoms with van der Waals surface area (Å²) < 4.78 is 106. The third kappa shape index (κ3) is 9.71. The molecule has 5 aromatic rings. The first-order valence-corrected chi connectivity index (χ1v) is 21.7. The number of aromatic nitrogens is 3. The van der Waals surface area contributed by atoms with Gasteiger partial charge >= 0.3 is 0 Å². The lowest BCUT2D eigenvalue weighted by Crippen LogP contribution is -2.28. The number of azo groups is 1. The van der Waals surface area contributed by atoms with Gasteiger partial charge in [-0.15, -0.1) is 10.2 Å². The van der Waals surface area contributed by atoms with E-state index >= 15 is 0 Å². The van der Waals surface area contributed by atoms with Crippen LogP contribution < -0.4 is 20.4 Å². The monoisotopic (exact) mass is 959 g/mol. The minimum Gasteiger partial charge on any atom is -0.870 e. The SMILES string of the molecule is CCN(c1ccccc1)c1nc(Cl)nc(Nc2cc(S(=O)(=O)[O-])cc3cc(S(=O)(=O)O)c(N=Nc4cc(N=C([O-])C(Br)CBr)ccc4S(=O)(=O)O)c([O-])c23)n1. The number of rotatable bonds is 13. The molecule has 0 spiro atoms. The van der Waals surface area contributed by atoms with Crippen molar-refractivity contribution in [2.24, 2.45) is 15.2 Å². The molecule has 3 N–H and O–H groups in total. The zero-order valence-electron chi connectivity index (χ0n) is 27.4. The van der Waals surface area contributed by atoms with Gasteiger partial charge in [-0.05, 0) is 83.7 Å². The van der Waals surface area contributed by atoms with Gasteiger partial charge in [0.15, 0.2) is 0 Å². The van der Waals surface area contributed by atoms with Gasteiger partial charge in [0.2, 0.25) is 17.2 Å². The molecule has 4 aromatic carbocycles. The van der Waals surface area contributed by atoms with Gasteiger partial charge in [0.05, 0.1) is 21.1 Å². The fourth-order valence-electron chi connectivity index (χ4n) is 4.90. The Bertz CT molecular complexity index is 2710. The van der Waals surface area contributed by atoms with E-state index in [2.05, 4.69) is 67.3 Å². The second-order valence-electron chi connectivity index (χ2n) is 10.9. The standard InChI is InChI=1S/C30H25Br2ClN8O11S3/c1-2-41(17-6-4-3-5-7-17)30-37-28(33)36-29(38-30)35-21-13-18(53(44,45)46)10-15-11-23(55(50,51)52)25(26(42)24(15)21)40-39-20-12-16(34-27(43)19(32)14-31)8-9-22(20)54(47,48)49/h3-13,19,42H,2,14H2,1H3,(H,34,43)(H,44,45,46)(H,47,48,49)(H,50,51,52)(H,35,36,37,38)/p-3. The molecule has 0 bridgehead atoms. The average Bonchev–Trinajstić information content (AvgIpc) is 3.09. The van der Waals surface area contributed by atoms with Crippen LogP contribution in [0.1, 0.15) is 6.92 Å². The highest BCUT2D eigenvalue weighted by atomic mass is 79.9. The summed E-state index contributed by atoms with van der Waals surface area (Å²) in [6.07, 6.45) is 0. The van der Waals surface area contributed by atoms with E-state index in [0.29, 0.717) is 24.4 Å². The van der Waals surface area contributed by atoms with Crippen LogP contribution in [0.3, 0.4) is 0 Å². The molecule has 0 radical (unpaired) electrons. The van der Waals surface area contributed by atoms with Gasteiger partial charge in [-0.2, -0.15) is 31.8 Å². The van der Waals surface area contributed by atoms with E-state index in [1.165, 1.54) is 0 Å². The summed E-state index contributed by atoms with van der Waals surface area (Å²) in [6.45, 7) is 2.11. The molecule has 1 unspecified atom stereocenters. The number of nitrogens with zero attached hydrogens (tertiary/aromatic N) is 7. The average molecular weight is 962 g/mol. The van der Waals surface area contributed by atoms with Crippen molar-refractivity contribution >= 4 is 131 Å². The fourth-order valence-corrected chi connectivity index (χ4v) is 7.23. The second kappa shape index (κ2) is 16.4. The van der Waals surface area contributed by atoms with Crippen LogP contribution in [0, 0.1) is 0 Å². The Balaban J connectivity index is 1.75. The van der Waals surface area contributed by atoms with Gasteiger partial charge in [-0.1, -0.05) is 55.8 Å². The van der Waals surface area contributed by atoms with Gasteiger partial charge < -0.3 is 25.0 Å². The number of anilines is 4. The summed E-state index contributed by atoms with van der Waals surface area (Å²) in [5.74, 6) is -2.43. The number of aliphatic imine (C=N–C) groups is 1. The van der Waals surface area contributed by atoms with Crippen molar-refractivity contribution in [1.82, 2.24) is 15.0 Å². The summed E-state index contributed by atoms with van der Waals surface area (Å²) in [4.78, 5) is 14.0. The Morgan fingerprint density at radius 1 is 0.945 bits per heavy atom. The number of halogens is 3. The van der Waals surface area contributed by atoms with Crippen LogP contribution in [0.15, 0.2) is 96.6 Å². The number of para-hydroxylation sites is 1. The zero-order valence-corrected chi connectivity index (χ0v) is 33.8. The van der Waals surface area contributed by atoms with Crippen LogP contribution in [-0.2, 0) is 30.4 Å². The van der Waals surface area contributed by atoms with Crippen molar-refractivity contribution in [3.8, 4) is 5.75 Å². The molecule has 1 heterocycles. The predicted molar refractivity (Wildman–Crippen MR) is 202 cm³/mol. The van der Waals surface area contributed by atoms with E-state index in [-0.39, 0.29) is 28.2 Å². The predicted octanol–water partition coefficient (Wildman–Crippen LogP) is 5.02. The van der Waals surface area contributed by atoms with E-state index in [9.17, 15) is 49.1 Å². The minimum atomic E-state index is -5.40. The third-order valence-electron chi connectivity index (χ3n) is 7.26. The summed E-state index contributed by atoms with van der Waals surface area (Å²) in [5.41, 5.74) is -1.88. The van der Waals surface area contributed by atoms with Gasteiger partial charge in [-0.25, -0.2) is 8.42 Å². The number of nitrogens with one attached hydrogen (secondary N) is 1. The maximum Gasteiger partial charge on any atom is 0.296 e. The largest absolute Gasteiger partial charge is 0.870 e. The molecule has 1 aromatic heterocycles. The van der Waals surface area contributed by atoms with Crippen LogP contribution in [-0.4, -0.2) is 76.5 Å². The molecule has 290 valence electrons. The molecule has 0 saturated heterocycles. The van der Waals surface area contributed by atoms with Crippen LogP contribution in [0.4, 0.5) is 40.3 Å². The molecule has 0 aliphatic heterocycles. The van der Waals surface area contributed by atoms with E-state index in [0.717, 1.165) is 24.3 Å². The third-order valence-corrected chi connectivity index (χ3v) is 12.2. The normalized spacial score (nSPS) is 13.3. The van der Waals surface area contributed by atoms with Crippen LogP contribution in [0.5, 0.6) is 5.75 Å². The topological polar surface area (TPSA) is 303 Å². The van der Waals surface area contributed by atoms with Gasteiger partial charge in [0.1, 0.15) is 25.6 Å². The van der Waals surface area contributed by atoms with E-state index in [1.807, 2.05) is 0 Å². The number of benzene rings is 4. The maximum absolute atomic E-state index is 14.1. The van der Waals surface area contributed by atoms with Crippen molar-refractivity contribution in [3.63, 3.8) is 0 Å². The highest BCUT2D eigenvalue weighted by Gasteiger charge is 2.23. The summed E-state index contributed by atoms with van der Waals surface area (Å²) >= 11 is 12.4. The molecule has 55 heavy (non-hydrogen) atoms. The molecule has 0 aliphatic carbocycles. The van der Waals surface area contributed by atoms with E-state index in [1.54, 1.807) is 42.2 Å². The van der Waals surface area contributed by atoms with Gasteiger partial charge in [0, 0.05) is 23.2 Å². The van der Waals surface area contributed by atoms with Crippen LogP contribution in [0.2, 0.25) is 5.28 Å². The lowest BCUT2D eigenvalue weighted by Gasteiger charge is -2.23. The number of fused-ring (bicyclic) bond motifs is 1. The molecule has 1 atom stereocenters. The Morgan fingerprint density at radius 2 is 1.62 bits per heavy atom. The smallest absolute Gasteiger partial charge is 0.296 e. The number of alkyl halides is 2. The quantitative estimate of drug-likeness (QED) is 0.0459. The number of hydrogen-bond acceptors (Lipinski definition) is 17. The minimum absolute atomic E-state index is 0.00255. The van der Waals surface area contributed by atoms with Crippen LogP contribution in [0.25, 0.3) is 10.8 Å². The Kier molecular flexibility index (Phi) is 12.4. The molecular formula is C30H22Br2ClN8O11S3-3. The van der Waals surface area contributed by atoms with Crippen molar-refractivity contribution in [2.75, 3.05) is 22.1 Å². The summed E-state index contributed by atoms with van der Waals surface area (Å²) in [5, 5.41) is 35.2. The molecule has 0 amide bonds. The molecule has 19 nitrogen and oxygen atoms in total. The highest BCUT2D eigenvalue weighted by Crippen LogP contribution is 2.45. The van der Waals surface area contributed by atoms with Crippen LogP contribution >= 0.6 is 43.5 Å². The second-order valence-corrected chi connectivity index (χ2v) is 17.1. The lowest BCUT2D eigenvalue weighted by molar-refractivity contribution is -0.264. The van der Waals surface area contributed by atoms with Crippen molar-refractivity contribution in [3.05, 3.63) is 72.0 Å². The van der Waals surface area contributed by atoms with E-state index < -0.39 is 89.3 Å². The van der Waals surface area contributed by atoms with Crippen molar-refractivity contribution in [1.29, 1.82) is 0 Å². The Morgan fingerprint density at radius 3 is 2.22 bits per heavy atom. The Hall–Kier alpha value is -4.40. The van der Waals surface area contributed by atoms with Gasteiger partial charge in [0.25, 0.3) is 20.2 Å². The van der Waals surface area contributed by atoms with E-state index in [4.69, 9.17) is 11.6 Å². The molecule has 0 aliphatic rings. The molecule has 0 saturated carbocycles. The molecule has 25 heteroatoms. The fraction of sp³-hybridized carbons (Fsp3) is 0.133. The molecular weight excluding hydrogens is 940 g/mol. The Labute approximate surface area is 334 Å². The lowest BCUT2D eigenvalue weighted by atomic mass is 10.1. The zero-order chi connectivity index (χ0) is 40.5. The highest BCUT2D eigenvalue weighted by molar-refractivity contribution is 9.12.